The van der Waals surface area contributed by atoms with Crippen molar-refractivity contribution in [3.63, 3.8) is 0 Å². The third kappa shape index (κ3) is 5.04. The van der Waals surface area contributed by atoms with Gasteiger partial charge in [-0.25, -0.2) is 13.4 Å². The molecule has 1 fully saturated rings. The number of benzene rings is 2. The van der Waals surface area contributed by atoms with E-state index in [4.69, 9.17) is 11.6 Å². The molecule has 0 spiro atoms. The molecule has 1 amide bonds. The number of piperazine rings is 1. The largest absolute Gasteiger partial charge is 0.368 e. The summed E-state index contributed by atoms with van der Waals surface area (Å²) in [6.45, 7) is 4.55. The SMILES string of the molecule is C[C@@H]1CN(c2ccc(S(=O)(=O)Nc3ncns3)cc2)CCN1C(=O)CCn1ccc2cccc(Cl)c21. The summed E-state index contributed by atoms with van der Waals surface area (Å²) in [5, 5.41) is 1.97. The van der Waals surface area contributed by atoms with Crippen LogP contribution in [0.2, 0.25) is 5.02 Å². The zero-order valence-electron chi connectivity index (χ0n) is 19.5. The number of fused-ring (bicyclic) bond motifs is 1. The van der Waals surface area contributed by atoms with E-state index in [0.29, 0.717) is 37.6 Å². The number of nitrogens with one attached hydrogen (secondary N) is 1. The minimum atomic E-state index is -3.73. The highest BCUT2D eigenvalue weighted by Gasteiger charge is 2.27. The van der Waals surface area contributed by atoms with E-state index in [0.717, 1.165) is 28.1 Å². The van der Waals surface area contributed by atoms with Gasteiger partial charge in [-0.05, 0) is 43.3 Å². The molecule has 2 aromatic heterocycles. The van der Waals surface area contributed by atoms with Crippen LogP contribution in [-0.4, -0.2) is 58.8 Å². The maximum Gasteiger partial charge on any atom is 0.263 e. The number of hydrogen-bond donors (Lipinski definition) is 1. The standard InChI is InChI=1S/C24H25ClN6O3S2/c1-17-15-30(19-5-7-20(8-6-19)36(33,34)28-24-26-16-27-35-24)13-14-31(17)22(32)10-12-29-11-9-18-3-2-4-21(25)23(18)29/h2-9,11,16-17H,10,12-15H2,1H3,(H,26,27,28)/t17-/m1/s1. The lowest BCUT2D eigenvalue weighted by Crippen LogP contribution is -2.54. The van der Waals surface area contributed by atoms with Crippen LogP contribution in [0.15, 0.2) is 66.0 Å². The number of carbonyl (C=O) groups excluding carboxylic acids is 1. The minimum absolute atomic E-state index is 0.0266. The van der Waals surface area contributed by atoms with Crippen LogP contribution in [0.1, 0.15) is 13.3 Å². The Morgan fingerprint density at radius 3 is 2.69 bits per heavy atom. The molecule has 1 aliphatic heterocycles. The third-order valence-corrected chi connectivity index (χ3v) is 8.72. The molecule has 5 rings (SSSR count). The predicted molar refractivity (Wildman–Crippen MR) is 142 cm³/mol. The highest BCUT2D eigenvalue weighted by molar-refractivity contribution is 7.93. The first kappa shape index (κ1) is 24.5. The minimum Gasteiger partial charge on any atom is -0.368 e. The van der Waals surface area contributed by atoms with E-state index in [-0.39, 0.29) is 22.0 Å². The molecule has 1 saturated heterocycles. The molecule has 3 heterocycles. The van der Waals surface area contributed by atoms with E-state index >= 15 is 0 Å². The van der Waals surface area contributed by atoms with Crippen LogP contribution in [0.3, 0.4) is 0 Å². The highest BCUT2D eigenvalue weighted by Crippen LogP contribution is 2.26. The van der Waals surface area contributed by atoms with Gasteiger partial charge in [0.1, 0.15) is 6.33 Å². The number of hydrogen-bond acceptors (Lipinski definition) is 7. The lowest BCUT2D eigenvalue weighted by atomic mass is 10.1. The Hall–Kier alpha value is -3.15. The van der Waals surface area contributed by atoms with Crippen molar-refractivity contribution in [3.8, 4) is 0 Å². The predicted octanol–water partition coefficient (Wildman–Crippen LogP) is 4.07. The Morgan fingerprint density at radius 2 is 1.97 bits per heavy atom. The Labute approximate surface area is 218 Å². The summed E-state index contributed by atoms with van der Waals surface area (Å²) in [4.78, 5) is 21.1. The van der Waals surface area contributed by atoms with Crippen molar-refractivity contribution in [2.45, 2.75) is 30.8 Å². The first-order valence-corrected chi connectivity index (χ1v) is 14.1. The number of anilines is 2. The quantitative estimate of drug-likeness (QED) is 0.376. The number of amides is 1. The number of aryl methyl sites for hydroxylation is 1. The van der Waals surface area contributed by atoms with Crippen LogP contribution in [0.25, 0.3) is 10.9 Å². The summed E-state index contributed by atoms with van der Waals surface area (Å²) in [6, 6.07) is 14.6. The fourth-order valence-corrected chi connectivity index (χ4v) is 6.50. The van der Waals surface area contributed by atoms with Gasteiger partial charge in [0, 0.05) is 67.4 Å². The summed E-state index contributed by atoms with van der Waals surface area (Å²) < 4.78 is 33.4. The molecule has 12 heteroatoms. The average Bonchev–Trinajstić information content (AvgIpc) is 3.53. The van der Waals surface area contributed by atoms with Crippen LogP contribution in [0.5, 0.6) is 0 Å². The molecule has 36 heavy (non-hydrogen) atoms. The number of halogens is 1. The van der Waals surface area contributed by atoms with E-state index in [1.807, 2.05) is 46.9 Å². The topological polar surface area (TPSA) is 100 Å². The maximum absolute atomic E-state index is 13.0. The van der Waals surface area contributed by atoms with Gasteiger partial charge in [0.05, 0.1) is 15.4 Å². The maximum atomic E-state index is 13.0. The van der Waals surface area contributed by atoms with Gasteiger partial charge in [0.2, 0.25) is 11.0 Å². The van der Waals surface area contributed by atoms with Gasteiger partial charge in [0.15, 0.2) is 0 Å². The Kier molecular flexibility index (Phi) is 6.87. The van der Waals surface area contributed by atoms with Crippen LogP contribution in [-0.2, 0) is 21.4 Å². The normalized spacial score (nSPS) is 16.4. The van der Waals surface area contributed by atoms with Crippen molar-refractivity contribution in [3.05, 3.63) is 66.1 Å². The van der Waals surface area contributed by atoms with Gasteiger partial charge in [-0.1, -0.05) is 23.7 Å². The van der Waals surface area contributed by atoms with Crippen molar-refractivity contribution in [1.29, 1.82) is 0 Å². The summed E-state index contributed by atoms with van der Waals surface area (Å²) in [7, 11) is -3.73. The Balaban J connectivity index is 1.19. The molecule has 0 saturated carbocycles. The van der Waals surface area contributed by atoms with Gasteiger partial charge >= 0.3 is 0 Å². The summed E-state index contributed by atoms with van der Waals surface area (Å²) in [6.07, 6.45) is 3.67. The molecule has 0 aliphatic carbocycles. The Bertz CT molecular complexity index is 1470. The number of nitrogens with zero attached hydrogens (tertiary/aromatic N) is 5. The van der Waals surface area contributed by atoms with E-state index < -0.39 is 10.0 Å². The molecule has 4 aromatic rings. The van der Waals surface area contributed by atoms with Crippen LogP contribution < -0.4 is 9.62 Å². The van der Waals surface area contributed by atoms with E-state index in [2.05, 4.69) is 19.0 Å². The number of sulfonamides is 1. The average molecular weight is 545 g/mol. The van der Waals surface area contributed by atoms with Crippen molar-refractivity contribution in [1.82, 2.24) is 18.8 Å². The molecule has 2 aromatic carbocycles. The zero-order valence-corrected chi connectivity index (χ0v) is 21.9. The molecule has 0 unspecified atom stereocenters. The Morgan fingerprint density at radius 1 is 1.17 bits per heavy atom. The summed E-state index contributed by atoms with van der Waals surface area (Å²) in [5.41, 5.74) is 1.87. The molecule has 0 bridgehead atoms. The number of carbonyl (C=O) groups is 1. The number of para-hydroxylation sites is 1. The molecule has 9 nitrogen and oxygen atoms in total. The molecule has 1 N–H and O–H groups in total. The zero-order chi connectivity index (χ0) is 25.3. The fraction of sp³-hybridized carbons (Fsp3) is 0.292. The van der Waals surface area contributed by atoms with Gasteiger partial charge in [0.25, 0.3) is 10.0 Å². The lowest BCUT2D eigenvalue weighted by molar-refractivity contribution is -0.133. The second-order valence-electron chi connectivity index (χ2n) is 8.66. The first-order chi connectivity index (χ1) is 17.3. The highest BCUT2D eigenvalue weighted by atomic mass is 35.5. The third-order valence-electron chi connectivity index (χ3n) is 6.35. The lowest BCUT2D eigenvalue weighted by Gasteiger charge is -2.41. The van der Waals surface area contributed by atoms with Gasteiger partial charge < -0.3 is 14.4 Å². The monoisotopic (exact) mass is 544 g/mol. The summed E-state index contributed by atoms with van der Waals surface area (Å²) in [5.74, 6) is 0.111. The van der Waals surface area contributed by atoms with Crippen molar-refractivity contribution in [2.75, 3.05) is 29.3 Å². The van der Waals surface area contributed by atoms with Crippen molar-refractivity contribution >= 4 is 60.8 Å². The van der Waals surface area contributed by atoms with Crippen LogP contribution >= 0.6 is 23.1 Å². The van der Waals surface area contributed by atoms with E-state index in [9.17, 15) is 13.2 Å². The molecule has 1 aliphatic rings. The van der Waals surface area contributed by atoms with E-state index in [1.54, 1.807) is 24.3 Å². The smallest absolute Gasteiger partial charge is 0.263 e. The molecular weight excluding hydrogens is 520 g/mol. The molecule has 1 atom stereocenters. The number of aromatic nitrogens is 3. The van der Waals surface area contributed by atoms with E-state index in [1.165, 1.54) is 6.33 Å². The van der Waals surface area contributed by atoms with Crippen LogP contribution in [0.4, 0.5) is 10.8 Å². The van der Waals surface area contributed by atoms with Crippen molar-refractivity contribution < 1.29 is 13.2 Å². The van der Waals surface area contributed by atoms with Crippen molar-refractivity contribution in [2.24, 2.45) is 0 Å². The summed E-state index contributed by atoms with van der Waals surface area (Å²) >= 11 is 7.35. The number of rotatable bonds is 7. The second kappa shape index (κ2) is 10.1. The van der Waals surface area contributed by atoms with Gasteiger partial charge in [-0.3, -0.25) is 9.52 Å². The van der Waals surface area contributed by atoms with Gasteiger partial charge in [-0.15, -0.1) is 0 Å². The molecule has 0 radical (unpaired) electrons. The molecule has 188 valence electrons. The van der Waals surface area contributed by atoms with Gasteiger partial charge in [-0.2, -0.15) is 4.37 Å². The fourth-order valence-electron chi connectivity index (χ4n) is 4.55. The second-order valence-corrected chi connectivity index (χ2v) is 11.5. The van der Waals surface area contributed by atoms with Crippen LogP contribution in [0, 0.1) is 0 Å². The molecular formula is C24H25ClN6O3S2. The first-order valence-electron chi connectivity index (χ1n) is 11.5.